The van der Waals surface area contributed by atoms with Crippen molar-refractivity contribution >= 4 is 105 Å². The average Bonchev–Trinajstić information content (AvgIpc) is 3.40. The number of thioether (sulfide) groups is 1. The zero-order valence-corrected chi connectivity index (χ0v) is 36.1. The molecule has 7 heterocycles. The maximum absolute atomic E-state index is 13.9. The molecule has 0 aromatic carbocycles. The Balaban J connectivity index is 1.18. The summed E-state index contributed by atoms with van der Waals surface area (Å²) in [7, 11) is 0. The number of fused-ring (bicyclic) bond motifs is 5. The molecule has 4 fully saturated rings. The normalized spacial score (nSPS) is 26.8. The van der Waals surface area contributed by atoms with E-state index in [-0.39, 0.29) is 42.1 Å². The second-order valence-electron chi connectivity index (χ2n) is 14.6. The Hall–Kier alpha value is -4.52. The van der Waals surface area contributed by atoms with Gasteiger partial charge in [-0.15, -0.1) is 23.1 Å². The van der Waals surface area contributed by atoms with Crippen molar-refractivity contribution in [3.63, 3.8) is 0 Å². The third kappa shape index (κ3) is 8.47. The maximum atomic E-state index is 13.9. The summed E-state index contributed by atoms with van der Waals surface area (Å²) >= 11 is 7.26. The smallest absolute Gasteiger partial charge is 0.352 e. The number of hydrogen-bond acceptors (Lipinski definition) is 15. The van der Waals surface area contributed by atoms with Crippen LogP contribution in [0.1, 0.15) is 46.2 Å². The van der Waals surface area contributed by atoms with Crippen molar-refractivity contribution in [2.24, 2.45) is 10.1 Å². The Morgan fingerprint density at radius 1 is 1.19 bits per heavy atom. The van der Waals surface area contributed by atoms with Gasteiger partial charge in [-0.05, 0) is 48.4 Å². The fourth-order valence-corrected chi connectivity index (χ4v) is 11.5. The molecule has 0 aliphatic carbocycles. The van der Waals surface area contributed by atoms with E-state index in [1.54, 1.807) is 4.90 Å². The molecule has 3 amide bonds. The van der Waals surface area contributed by atoms with Gasteiger partial charge >= 0.3 is 11.9 Å². The number of quaternary nitrogens is 1. The van der Waals surface area contributed by atoms with Crippen LogP contribution in [0.5, 0.6) is 0 Å². The number of carbonyl (C=O) groups excluding carboxylic acids is 3. The van der Waals surface area contributed by atoms with Gasteiger partial charge in [0.05, 0.1) is 31.8 Å². The van der Waals surface area contributed by atoms with Crippen molar-refractivity contribution in [1.82, 2.24) is 20.1 Å². The fraction of sp³-hybridized carbons (Fsp3) is 0.457. The molecule has 2 bridgehead atoms. The van der Waals surface area contributed by atoms with Gasteiger partial charge in [-0.25, -0.2) is 19.6 Å². The number of hydrogen-bond donors (Lipinski definition) is 7. The van der Waals surface area contributed by atoms with Crippen LogP contribution < -0.4 is 11.1 Å². The zero-order chi connectivity index (χ0) is 42.4. The molecule has 0 saturated carbocycles. The number of anilines is 1. The van der Waals surface area contributed by atoms with E-state index >= 15 is 0 Å². The van der Waals surface area contributed by atoms with Crippen LogP contribution in [-0.2, 0) is 28.8 Å². The van der Waals surface area contributed by atoms with Crippen LogP contribution in [0.3, 0.4) is 0 Å². The number of amides is 3. The number of carbonyl (C=O) groups is 5. The molecule has 6 aliphatic heterocycles. The molecule has 1 aromatic heterocycles. The highest BCUT2D eigenvalue weighted by atomic mass is 127. The Morgan fingerprint density at radius 2 is 1.88 bits per heavy atom. The number of β-lactam (4-membered cyclic amide) rings is 1. The van der Waals surface area contributed by atoms with Crippen molar-refractivity contribution in [2.75, 3.05) is 38.5 Å². The molecule has 6 aliphatic rings. The number of nitrogens with zero attached hydrogens (tertiary/aromatic N) is 6. The SMILES string of the molecule is CC(O)=C(C=NC1=CC(O)=C(O)C(Cl)=I1)C(=O)N1CC[N+]2(CC3=C(C(=O)O)N4C(=O)[C@@H](NC(=O)/C(=N\OC(C)(C)C(=O)O)c5csc(N)n5)[C@H]4S[C@H]3C)CCC1CC2. The Morgan fingerprint density at radius 3 is 2.47 bits per heavy atom. The van der Waals surface area contributed by atoms with Crippen LogP contribution in [0.2, 0.25) is 0 Å². The number of aliphatic carboxylic acids is 2. The topological polar surface area (TPSA) is 278 Å². The van der Waals surface area contributed by atoms with E-state index in [0.717, 1.165) is 11.3 Å². The van der Waals surface area contributed by atoms with Gasteiger partial charge in [0.2, 0.25) is 5.60 Å². The molecule has 7 rings (SSSR count). The number of carboxylic acid groups (broad SMARTS) is 2. The van der Waals surface area contributed by atoms with E-state index in [1.807, 2.05) is 6.92 Å². The van der Waals surface area contributed by atoms with Crippen LogP contribution >= 0.6 is 55.4 Å². The first kappa shape index (κ1) is 43.1. The number of aliphatic hydroxyl groups is 3. The van der Waals surface area contributed by atoms with E-state index < -0.39 is 84.6 Å². The van der Waals surface area contributed by atoms with Crippen molar-refractivity contribution < 1.29 is 58.8 Å². The van der Waals surface area contributed by atoms with Gasteiger partial charge < -0.3 is 50.8 Å². The number of nitrogens with one attached hydrogen (secondary N) is 1. The Labute approximate surface area is 354 Å². The van der Waals surface area contributed by atoms with E-state index in [1.165, 1.54) is 55.1 Å². The summed E-state index contributed by atoms with van der Waals surface area (Å²) in [5.74, 6) is -5.72. The average molecular weight is 976 g/mol. The molecular weight excluding hydrogens is 935 g/mol. The molecule has 0 unspecified atom stereocenters. The van der Waals surface area contributed by atoms with Gasteiger partial charge in [0.15, 0.2) is 22.4 Å². The molecular formula is C35H41ClIN8O11S2+. The number of oxime groups is 1. The summed E-state index contributed by atoms with van der Waals surface area (Å²) in [6.07, 6.45) is 3.72. The maximum Gasteiger partial charge on any atom is 0.352 e. The third-order valence-electron chi connectivity index (χ3n) is 10.5. The van der Waals surface area contributed by atoms with Gasteiger partial charge in [0.1, 0.15) is 41.8 Å². The largest absolute Gasteiger partial charge is 0.512 e. The number of carboxylic acids is 2. The minimum absolute atomic E-state index is 0.00620. The molecule has 23 heteroatoms. The van der Waals surface area contributed by atoms with E-state index in [2.05, 4.69) is 20.4 Å². The molecule has 19 nitrogen and oxygen atoms in total. The summed E-state index contributed by atoms with van der Waals surface area (Å²) < 4.78 is 0.940. The number of allylic oxidation sites excluding steroid dienone is 3. The molecule has 0 spiro atoms. The lowest BCUT2D eigenvalue weighted by atomic mass is 9.97. The second kappa shape index (κ2) is 16.6. The number of aliphatic hydroxyl groups excluding tert-OH is 3. The van der Waals surface area contributed by atoms with E-state index in [4.69, 9.17) is 22.2 Å². The monoisotopic (exact) mass is 975 g/mol. The predicted octanol–water partition coefficient (Wildman–Crippen LogP) is 2.68. The number of nitrogens with two attached hydrogens (primary N) is 1. The van der Waals surface area contributed by atoms with Crippen LogP contribution in [0.15, 0.2) is 59.4 Å². The lowest BCUT2D eigenvalue weighted by Crippen LogP contribution is -2.72. The Bertz CT molecular complexity index is 2190. The van der Waals surface area contributed by atoms with Crippen molar-refractivity contribution in [1.29, 1.82) is 0 Å². The number of thiazole rings is 1. The van der Waals surface area contributed by atoms with Crippen molar-refractivity contribution in [3.8, 4) is 0 Å². The van der Waals surface area contributed by atoms with Crippen LogP contribution in [0, 0.1) is 0 Å². The summed E-state index contributed by atoms with van der Waals surface area (Å²) in [6.45, 7) is 8.05. The minimum atomic E-state index is -1.81. The van der Waals surface area contributed by atoms with Crippen molar-refractivity contribution in [3.05, 3.63) is 55.0 Å². The first-order valence-corrected chi connectivity index (χ1v) is 22.2. The first-order valence-electron chi connectivity index (χ1n) is 17.8. The number of nitrogen functional groups attached to an aromatic ring is 1. The van der Waals surface area contributed by atoms with Gasteiger partial charge in [0.25, 0.3) is 17.7 Å². The molecule has 58 heavy (non-hydrogen) atoms. The van der Waals surface area contributed by atoms with Gasteiger partial charge in [-0.2, -0.15) is 0 Å². The number of halogens is 2. The Kier molecular flexibility index (Phi) is 12.3. The molecule has 8 N–H and O–H groups in total. The summed E-state index contributed by atoms with van der Waals surface area (Å²) in [5.41, 5.74) is 3.89. The lowest BCUT2D eigenvalue weighted by molar-refractivity contribution is -0.925. The molecule has 312 valence electrons. The van der Waals surface area contributed by atoms with Gasteiger partial charge in [-0.3, -0.25) is 19.3 Å². The third-order valence-corrected chi connectivity index (χ3v) is 15.4. The number of piperidine rings is 1. The van der Waals surface area contributed by atoms with E-state index in [0.29, 0.717) is 59.3 Å². The predicted molar refractivity (Wildman–Crippen MR) is 224 cm³/mol. The highest BCUT2D eigenvalue weighted by molar-refractivity contribution is 14.2. The van der Waals surface area contributed by atoms with E-state index in [9.17, 15) is 49.5 Å². The zero-order valence-electron chi connectivity index (χ0n) is 31.5. The fourth-order valence-electron chi connectivity index (χ4n) is 7.15. The van der Waals surface area contributed by atoms with Crippen LogP contribution in [0.4, 0.5) is 5.13 Å². The molecule has 1 aromatic rings. The lowest BCUT2D eigenvalue weighted by Gasteiger charge is -2.52. The highest BCUT2D eigenvalue weighted by Crippen LogP contribution is 2.45. The number of rotatable bonds is 12. The standard InChI is InChI=1S/C35H40ClIN8O11S2/c1-15(46)18(12-39-22-11-21(47)26(48)27(36)37-22)29(50)43-7-10-45(8-5-17(43)6-9-45)13-19-16(2)58-31-24(30(51)44(31)25(19)32(52)53)41-28(49)23(20-14-57-34(38)40-20)42-56-35(3,4)33(54)55/h11-12,14,16-17,24,31H,5-10,13H2,1-4H3,(H7-,38,39,40,41,42,46,47,48,49,50,52,53,54,55)/p+1/t16-,17?,24+,31+,45?/m0/s1. The second-order valence-corrected chi connectivity index (χ2v) is 20.7. The van der Waals surface area contributed by atoms with Crippen LogP contribution in [0.25, 0.3) is 0 Å². The summed E-state index contributed by atoms with van der Waals surface area (Å²) in [4.78, 5) is 82.2. The molecule has 0 radical (unpaired) electrons. The van der Waals surface area contributed by atoms with Crippen molar-refractivity contribution in [2.45, 2.75) is 68.8 Å². The quantitative estimate of drug-likeness (QED) is 0.0232. The van der Waals surface area contributed by atoms with Gasteiger partial charge in [0, 0.05) is 47.4 Å². The molecule has 3 atom stereocenters. The number of aliphatic imine (C=N–C) groups is 1. The summed E-state index contributed by atoms with van der Waals surface area (Å²) in [6, 6.07) is -1.30. The highest BCUT2D eigenvalue weighted by Gasteiger charge is 2.57. The minimum Gasteiger partial charge on any atom is -0.512 e. The van der Waals surface area contributed by atoms with Gasteiger partial charge in [-0.1, -0.05) is 16.8 Å². The molecule has 4 saturated heterocycles. The number of aromatic nitrogens is 1. The first-order chi connectivity index (χ1) is 27.2. The summed E-state index contributed by atoms with van der Waals surface area (Å²) in [5, 5.41) is 57.1. The van der Waals surface area contributed by atoms with Crippen LogP contribution in [-0.4, -0.2) is 150 Å².